The molecule has 11 heteroatoms. The number of aliphatic carboxylic acids is 1. The molecule has 196 valence electrons. The molecule has 0 heterocycles. The van der Waals surface area contributed by atoms with Gasteiger partial charge in [0.1, 0.15) is 6.04 Å². The maximum Gasteiger partial charge on any atom is 0.322 e. The van der Waals surface area contributed by atoms with Gasteiger partial charge in [-0.3, -0.25) is 9.59 Å². The van der Waals surface area contributed by atoms with Crippen molar-refractivity contribution in [3.8, 4) is 0 Å². The summed E-state index contributed by atoms with van der Waals surface area (Å²) in [5.41, 5.74) is 1.92. The molecule has 0 aliphatic carbocycles. The van der Waals surface area contributed by atoms with Crippen LogP contribution in [0.15, 0.2) is 72.8 Å². The van der Waals surface area contributed by atoms with E-state index in [-0.39, 0.29) is 28.6 Å². The molecule has 0 saturated heterocycles. The minimum Gasteiger partial charge on any atom is -0.480 e. The number of carbonyl (C=O) groups is 2. The van der Waals surface area contributed by atoms with Crippen LogP contribution in [0.1, 0.15) is 35.3 Å². The first kappa shape index (κ1) is 28.6. The summed E-state index contributed by atoms with van der Waals surface area (Å²) in [6.45, 7) is 3.55. The van der Waals surface area contributed by atoms with Crippen LogP contribution in [0.4, 0.5) is 5.69 Å². The largest absolute Gasteiger partial charge is 0.480 e. The summed E-state index contributed by atoms with van der Waals surface area (Å²) >= 11 is 12.2. The Hall–Kier alpha value is -2.95. The molecule has 3 aromatic rings. The van der Waals surface area contributed by atoms with Gasteiger partial charge in [0.25, 0.3) is 16.1 Å². The van der Waals surface area contributed by atoms with Gasteiger partial charge >= 0.3 is 5.97 Å². The number of nitrogens with one attached hydrogen (secondary N) is 2. The summed E-state index contributed by atoms with van der Waals surface area (Å²) in [6.07, 6.45) is -0.101. The number of hydrogen-bond acceptors (Lipinski definition) is 4. The highest BCUT2D eigenvalue weighted by Crippen LogP contribution is 2.25. The van der Waals surface area contributed by atoms with Crippen LogP contribution in [0.25, 0.3) is 0 Å². The summed E-state index contributed by atoms with van der Waals surface area (Å²) in [5, 5.41) is 12.8. The van der Waals surface area contributed by atoms with E-state index in [2.05, 4.69) is 10.0 Å². The van der Waals surface area contributed by atoms with Crippen molar-refractivity contribution >= 4 is 51.0 Å². The molecule has 1 atom stereocenters. The average Bonchev–Trinajstić information content (AvgIpc) is 2.83. The molecule has 0 bridgehead atoms. The lowest BCUT2D eigenvalue weighted by Gasteiger charge is -2.28. The van der Waals surface area contributed by atoms with Crippen LogP contribution in [0, 0.1) is 0 Å². The lowest BCUT2D eigenvalue weighted by atomic mass is 10.1. The SMILES string of the molecule is CC(C)N(Cc1ccccc1)S(=O)(=O)N[C@@H](Cc1ccc(NC(=O)c2c(Cl)cccc2Cl)cc1)C(=O)O. The van der Waals surface area contributed by atoms with Gasteiger partial charge in [-0.2, -0.15) is 17.4 Å². The number of carboxylic acid groups (broad SMARTS) is 1. The molecule has 0 aliphatic heterocycles. The maximum absolute atomic E-state index is 13.1. The molecule has 0 spiro atoms. The number of hydrogen-bond donors (Lipinski definition) is 3. The number of rotatable bonds is 11. The van der Waals surface area contributed by atoms with Gasteiger partial charge in [0.05, 0.1) is 15.6 Å². The van der Waals surface area contributed by atoms with E-state index in [1.54, 1.807) is 68.4 Å². The summed E-state index contributed by atoms with van der Waals surface area (Å²) in [7, 11) is -4.13. The third kappa shape index (κ3) is 7.77. The molecule has 0 aliphatic rings. The van der Waals surface area contributed by atoms with Crippen molar-refractivity contribution in [1.82, 2.24) is 9.03 Å². The smallest absolute Gasteiger partial charge is 0.322 e. The highest BCUT2D eigenvalue weighted by molar-refractivity contribution is 7.87. The summed E-state index contributed by atoms with van der Waals surface area (Å²) in [6, 6.07) is 18.4. The molecule has 3 aromatic carbocycles. The van der Waals surface area contributed by atoms with Gasteiger partial charge in [0.2, 0.25) is 0 Å². The number of carbonyl (C=O) groups excluding carboxylic acids is 1. The minimum absolute atomic E-state index is 0.101. The van der Waals surface area contributed by atoms with E-state index in [0.717, 1.165) is 5.56 Å². The summed E-state index contributed by atoms with van der Waals surface area (Å²) in [5.74, 6) is -1.80. The predicted octanol–water partition coefficient (Wildman–Crippen LogP) is 4.99. The van der Waals surface area contributed by atoms with Crippen molar-refractivity contribution in [2.75, 3.05) is 5.32 Å². The Morgan fingerprint density at radius 1 is 0.892 bits per heavy atom. The van der Waals surface area contributed by atoms with E-state index < -0.39 is 34.2 Å². The van der Waals surface area contributed by atoms with Gasteiger partial charge in [0, 0.05) is 18.3 Å². The molecule has 1 amide bonds. The van der Waals surface area contributed by atoms with Crippen molar-refractivity contribution in [2.24, 2.45) is 0 Å². The van der Waals surface area contributed by atoms with Crippen LogP contribution < -0.4 is 10.0 Å². The molecule has 0 unspecified atom stereocenters. The quantitative estimate of drug-likeness (QED) is 0.304. The fraction of sp³-hybridized carbons (Fsp3) is 0.231. The average molecular weight is 564 g/mol. The zero-order valence-electron chi connectivity index (χ0n) is 20.2. The highest BCUT2D eigenvalue weighted by Gasteiger charge is 2.31. The number of nitrogens with zero attached hydrogens (tertiary/aromatic N) is 1. The van der Waals surface area contributed by atoms with Crippen LogP contribution in [0.5, 0.6) is 0 Å². The van der Waals surface area contributed by atoms with E-state index >= 15 is 0 Å². The second-order valence-electron chi connectivity index (χ2n) is 8.59. The molecule has 0 aromatic heterocycles. The highest BCUT2D eigenvalue weighted by atomic mass is 35.5. The van der Waals surface area contributed by atoms with Crippen molar-refractivity contribution in [2.45, 2.75) is 38.9 Å². The van der Waals surface area contributed by atoms with Gasteiger partial charge in [-0.1, -0.05) is 71.7 Å². The van der Waals surface area contributed by atoms with E-state index in [1.807, 2.05) is 18.2 Å². The Labute approximate surface area is 226 Å². The Morgan fingerprint density at radius 2 is 1.49 bits per heavy atom. The fourth-order valence-corrected chi connectivity index (χ4v) is 5.73. The molecule has 37 heavy (non-hydrogen) atoms. The number of halogens is 2. The first-order valence-electron chi connectivity index (χ1n) is 11.4. The lowest BCUT2D eigenvalue weighted by Crippen LogP contribution is -2.50. The van der Waals surface area contributed by atoms with Crippen LogP contribution in [-0.2, 0) is 28.0 Å². The standard InChI is InChI=1S/C26H27Cl2N3O5S/c1-17(2)31(16-19-7-4-3-5-8-19)37(35,36)30-23(26(33)34)15-18-11-13-20(14-12-18)29-25(32)24-21(27)9-6-10-22(24)28/h3-14,17,23,30H,15-16H2,1-2H3,(H,29,32)(H,33,34)/t23-/m0/s1. The first-order valence-corrected chi connectivity index (χ1v) is 13.6. The summed E-state index contributed by atoms with van der Waals surface area (Å²) < 4.78 is 29.8. The van der Waals surface area contributed by atoms with Crippen LogP contribution in [0.3, 0.4) is 0 Å². The Balaban J connectivity index is 1.71. The first-order chi connectivity index (χ1) is 17.5. The van der Waals surface area contributed by atoms with Crippen LogP contribution >= 0.6 is 23.2 Å². The minimum atomic E-state index is -4.13. The monoisotopic (exact) mass is 563 g/mol. The lowest BCUT2D eigenvalue weighted by molar-refractivity contribution is -0.138. The van der Waals surface area contributed by atoms with E-state index in [0.29, 0.717) is 11.3 Å². The zero-order chi connectivity index (χ0) is 27.2. The Kier molecular flexibility index (Phi) is 9.69. The molecule has 8 nitrogen and oxygen atoms in total. The number of amides is 1. The molecular weight excluding hydrogens is 537 g/mol. The Bertz CT molecular complexity index is 1330. The summed E-state index contributed by atoms with van der Waals surface area (Å²) in [4.78, 5) is 24.5. The van der Waals surface area contributed by atoms with Crippen molar-refractivity contribution in [3.05, 3.63) is 99.5 Å². The van der Waals surface area contributed by atoms with Gasteiger partial charge in [0.15, 0.2) is 0 Å². The Morgan fingerprint density at radius 3 is 2.03 bits per heavy atom. The van der Waals surface area contributed by atoms with Gasteiger partial charge in [-0.15, -0.1) is 0 Å². The normalized spacial score (nSPS) is 12.5. The van der Waals surface area contributed by atoms with Crippen LogP contribution in [0.2, 0.25) is 10.0 Å². The molecule has 3 N–H and O–H groups in total. The van der Waals surface area contributed by atoms with Crippen molar-refractivity contribution < 1.29 is 23.1 Å². The molecule has 0 fully saturated rings. The third-order valence-corrected chi connectivity index (χ3v) is 7.88. The topological polar surface area (TPSA) is 116 Å². The number of benzene rings is 3. The predicted molar refractivity (Wildman–Crippen MR) is 145 cm³/mol. The fourth-order valence-electron chi connectivity index (χ4n) is 3.60. The molecule has 3 rings (SSSR count). The van der Waals surface area contributed by atoms with E-state index in [1.165, 1.54) is 4.31 Å². The van der Waals surface area contributed by atoms with E-state index in [4.69, 9.17) is 23.2 Å². The zero-order valence-corrected chi connectivity index (χ0v) is 22.5. The number of anilines is 1. The molecule has 0 saturated carbocycles. The second kappa shape index (κ2) is 12.5. The third-order valence-electron chi connectivity index (χ3n) is 5.50. The van der Waals surface area contributed by atoms with Crippen LogP contribution in [-0.4, -0.2) is 41.8 Å². The number of carboxylic acids is 1. The van der Waals surface area contributed by atoms with Gasteiger partial charge in [-0.05, 0) is 55.7 Å². The van der Waals surface area contributed by atoms with E-state index in [9.17, 15) is 23.1 Å². The van der Waals surface area contributed by atoms with Gasteiger partial charge in [-0.25, -0.2) is 0 Å². The molecular formula is C26H27Cl2N3O5S. The molecule has 0 radical (unpaired) electrons. The van der Waals surface area contributed by atoms with Crippen molar-refractivity contribution in [3.63, 3.8) is 0 Å². The van der Waals surface area contributed by atoms with Crippen molar-refractivity contribution in [1.29, 1.82) is 0 Å². The van der Waals surface area contributed by atoms with Gasteiger partial charge < -0.3 is 10.4 Å². The second-order valence-corrected chi connectivity index (χ2v) is 11.1. The maximum atomic E-state index is 13.1.